The molecule has 1 fully saturated rings. The van der Waals surface area contributed by atoms with Gasteiger partial charge in [0.1, 0.15) is 12.1 Å². The van der Waals surface area contributed by atoms with Crippen LogP contribution in [0.1, 0.15) is 6.42 Å². The molecule has 1 aromatic heterocycles. The van der Waals surface area contributed by atoms with Gasteiger partial charge in [-0.3, -0.25) is 4.90 Å². The van der Waals surface area contributed by atoms with Gasteiger partial charge in [-0.15, -0.1) is 0 Å². The Morgan fingerprint density at radius 3 is 2.68 bits per heavy atom. The number of benzene rings is 2. The molecule has 0 atom stereocenters. The molecule has 2 heterocycles. The normalized spacial score (nSPS) is 14.5. The van der Waals surface area contributed by atoms with Gasteiger partial charge < -0.3 is 19.5 Å². The molecule has 0 radical (unpaired) electrons. The summed E-state index contributed by atoms with van der Waals surface area (Å²) in [5, 5.41) is 5.06. The minimum absolute atomic E-state index is 0.469. The van der Waals surface area contributed by atoms with Gasteiger partial charge in [0, 0.05) is 36.8 Å². The van der Waals surface area contributed by atoms with E-state index in [4.69, 9.17) is 37.4 Å². The van der Waals surface area contributed by atoms with E-state index in [9.17, 15) is 0 Å². The zero-order valence-corrected chi connectivity index (χ0v) is 18.7. The lowest BCUT2D eigenvalue weighted by Gasteiger charge is -2.26. The summed E-state index contributed by atoms with van der Waals surface area (Å²) in [4.78, 5) is 11.2. The van der Waals surface area contributed by atoms with Gasteiger partial charge in [0.05, 0.1) is 42.5 Å². The maximum Gasteiger partial charge on any atom is 0.162 e. The first-order chi connectivity index (χ1) is 15.1. The first-order valence-corrected chi connectivity index (χ1v) is 10.9. The molecule has 164 valence electrons. The first kappa shape index (κ1) is 21.9. The predicted molar refractivity (Wildman–Crippen MR) is 123 cm³/mol. The summed E-state index contributed by atoms with van der Waals surface area (Å²) in [6, 6.07) is 9.10. The van der Waals surface area contributed by atoms with E-state index in [0.29, 0.717) is 34.0 Å². The Balaban J connectivity index is 1.51. The number of methoxy groups -OCH3 is 1. The van der Waals surface area contributed by atoms with Crippen LogP contribution in [-0.2, 0) is 4.74 Å². The standard InChI is InChI=1S/C22H24Cl2N4O3/c1-29-20-13-19-16(12-21(20)31-8-2-5-28-6-9-30-10-7-28)22(26-14-25-19)27-15-3-4-17(23)18(24)11-15/h3-4,11-14H,2,5-10H2,1H3,(H,25,26,27). The maximum absolute atomic E-state index is 6.14. The highest BCUT2D eigenvalue weighted by atomic mass is 35.5. The zero-order chi connectivity index (χ0) is 21.6. The monoisotopic (exact) mass is 462 g/mol. The summed E-state index contributed by atoms with van der Waals surface area (Å²) in [6.45, 7) is 5.11. The van der Waals surface area contributed by atoms with Crippen molar-refractivity contribution in [2.75, 3.05) is 51.9 Å². The van der Waals surface area contributed by atoms with Gasteiger partial charge in [-0.1, -0.05) is 23.2 Å². The van der Waals surface area contributed by atoms with Gasteiger partial charge in [-0.25, -0.2) is 9.97 Å². The number of halogens is 2. The summed E-state index contributed by atoms with van der Waals surface area (Å²) in [5.74, 6) is 1.94. The summed E-state index contributed by atoms with van der Waals surface area (Å²) in [5.41, 5.74) is 1.52. The van der Waals surface area contributed by atoms with Crippen LogP contribution in [0, 0.1) is 0 Å². The molecule has 0 aliphatic carbocycles. The molecule has 1 saturated heterocycles. The van der Waals surface area contributed by atoms with E-state index in [1.165, 1.54) is 6.33 Å². The molecule has 3 aromatic rings. The molecule has 0 amide bonds. The number of nitrogens with zero attached hydrogens (tertiary/aromatic N) is 3. The Kier molecular flexibility index (Phi) is 7.29. The van der Waals surface area contributed by atoms with E-state index in [1.807, 2.05) is 18.2 Å². The molecule has 2 aromatic carbocycles. The van der Waals surface area contributed by atoms with Crippen LogP contribution in [-0.4, -0.2) is 61.4 Å². The largest absolute Gasteiger partial charge is 0.493 e. The Labute approximate surface area is 191 Å². The Hall–Kier alpha value is -2.32. The molecular weight excluding hydrogens is 439 g/mol. The summed E-state index contributed by atoms with van der Waals surface area (Å²) in [7, 11) is 1.62. The Bertz CT molecular complexity index is 1040. The van der Waals surface area contributed by atoms with Crippen LogP contribution in [0.5, 0.6) is 11.5 Å². The smallest absolute Gasteiger partial charge is 0.162 e. The average Bonchev–Trinajstić information content (AvgIpc) is 2.79. The number of aromatic nitrogens is 2. The third kappa shape index (κ3) is 5.49. The fourth-order valence-electron chi connectivity index (χ4n) is 3.44. The van der Waals surface area contributed by atoms with Crippen LogP contribution in [0.4, 0.5) is 11.5 Å². The highest BCUT2D eigenvalue weighted by Crippen LogP contribution is 2.35. The van der Waals surface area contributed by atoms with Crippen molar-refractivity contribution in [1.82, 2.24) is 14.9 Å². The van der Waals surface area contributed by atoms with E-state index >= 15 is 0 Å². The van der Waals surface area contributed by atoms with Gasteiger partial charge >= 0.3 is 0 Å². The number of morpholine rings is 1. The molecule has 4 rings (SSSR count). The highest BCUT2D eigenvalue weighted by molar-refractivity contribution is 6.42. The minimum atomic E-state index is 0.469. The fourth-order valence-corrected chi connectivity index (χ4v) is 3.74. The molecule has 9 heteroatoms. The topological polar surface area (TPSA) is 68.7 Å². The van der Waals surface area contributed by atoms with Crippen LogP contribution < -0.4 is 14.8 Å². The van der Waals surface area contributed by atoms with Crippen molar-refractivity contribution in [3.8, 4) is 11.5 Å². The van der Waals surface area contributed by atoms with Gasteiger partial charge in [0.15, 0.2) is 11.5 Å². The second kappa shape index (κ2) is 10.3. The molecule has 1 N–H and O–H groups in total. The number of rotatable bonds is 8. The molecule has 0 saturated carbocycles. The van der Waals surface area contributed by atoms with Gasteiger partial charge in [-0.2, -0.15) is 0 Å². The van der Waals surface area contributed by atoms with Gasteiger partial charge in [0.25, 0.3) is 0 Å². The Morgan fingerprint density at radius 2 is 1.90 bits per heavy atom. The molecule has 0 spiro atoms. The van der Waals surface area contributed by atoms with Crippen molar-refractivity contribution in [2.24, 2.45) is 0 Å². The van der Waals surface area contributed by atoms with Crippen molar-refractivity contribution >= 4 is 45.6 Å². The third-order valence-corrected chi connectivity index (χ3v) is 5.82. The average molecular weight is 463 g/mol. The SMILES string of the molecule is COc1cc2ncnc(Nc3ccc(Cl)c(Cl)c3)c2cc1OCCCN1CCOCC1. The second-order valence-corrected chi connectivity index (χ2v) is 7.97. The van der Waals surface area contributed by atoms with E-state index < -0.39 is 0 Å². The summed E-state index contributed by atoms with van der Waals surface area (Å²) in [6.07, 6.45) is 2.42. The van der Waals surface area contributed by atoms with Gasteiger partial charge in [0.2, 0.25) is 0 Å². The first-order valence-electron chi connectivity index (χ1n) is 10.1. The molecule has 1 aliphatic heterocycles. The van der Waals surface area contributed by atoms with Crippen LogP contribution in [0.2, 0.25) is 10.0 Å². The number of ether oxygens (including phenoxy) is 3. The zero-order valence-electron chi connectivity index (χ0n) is 17.2. The number of hydrogen-bond acceptors (Lipinski definition) is 7. The van der Waals surface area contributed by atoms with E-state index in [0.717, 1.165) is 55.9 Å². The molecule has 31 heavy (non-hydrogen) atoms. The summed E-state index contributed by atoms with van der Waals surface area (Å²) >= 11 is 12.2. The minimum Gasteiger partial charge on any atom is -0.493 e. The summed E-state index contributed by atoms with van der Waals surface area (Å²) < 4.78 is 17.0. The van der Waals surface area contributed by atoms with Gasteiger partial charge in [-0.05, 0) is 30.7 Å². The lowest BCUT2D eigenvalue weighted by atomic mass is 10.2. The number of hydrogen-bond donors (Lipinski definition) is 1. The Morgan fingerprint density at radius 1 is 1.06 bits per heavy atom. The molecule has 1 aliphatic rings. The molecular formula is C22H24Cl2N4O3. The predicted octanol–water partition coefficient (Wildman–Crippen LogP) is 4.79. The quantitative estimate of drug-likeness (QED) is 0.482. The molecule has 0 unspecified atom stereocenters. The van der Waals surface area contributed by atoms with Crippen molar-refractivity contribution in [1.29, 1.82) is 0 Å². The third-order valence-electron chi connectivity index (χ3n) is 5.08. The molecule has 7 nitrogen and oxygen atoms in total. The van der Waals surface area contributed by atoms with Crippen molar-refractivity contribution in [2.45, 2.75) is 6.42 Å². The fraction of sp³-hybridized carbons (Fsp3) is 0.364. The van der Waals surface area contributed by atoms with Crippen LogP contribution in [0.25, 0.3) is 10.9 Å². The van der Waals surface area contributed by atoms with Crippen molar-refractivity contribution < 1.29 is 14.2 Å². The van der Waals surface area contributed by atoms with E-state index in [2.05, 4.69) is 20.2 Å². The second-order valence-electron chi connectivity index (χ2n) is 7.15. The van der Waals surface area contributed by atoms with Crippen LogP contribution >= 0.6 is 23.2 Å². The number of anilines is 2. The number of nitrogens with one attached hydrogen (secondary N) is 1. The lowest BCUT2D eigenvalue weighted by molar-refractivity contribution is 0.0357. The lowest BCUT2D eigenvalue weighted by Crippen LogP contribution is -2.37. The maximum atomic E-state index is 6.14. The van der Waals surface area contributed by atoms with E-state index in [1.54, 1.807) is 19.2 Å². The molecule has 0 bridgehead atoms. The van der Waals surface area contributed by atoms with Crippen molar-refractivity contribution in [3.63, 3.8) is 0 Å². The highest BCUT2D eigenvalue weighted by Gasteiger charge is 2.13. The van der Waals surface area contributed by atoms with E-state index in [-0.39, 0.29) is 0 Å². The number of fused-ring (bicyclic) bond motifs is 1. The van der Waals surface area contributed by atoms with Crippen LogP contribution in [0.15, 0.2) is 36.7 Å². The van der Waals surface area contributed by atoms with Crippen molar-refractivity contribution in [3.05, 3.63) is 46.7 Å². The van der Waals surface area contributed by atoms with Crippen LogP contribution in [0.3, 0.4) is 0 Å².